The van der Waals surface area contributed by atoms with E-state index in [-0.39, 0.29) is 17.1 Å². The van der Waals surface area contributed by atoms with Crippen LogP contribution in [0, 0.1) is 11.6 Å². The maximum absolute atomic E-state index is 14.5. The maximum Gasteiger partial charge on any atom is 0.335 e. The number of hydrogen-bond acceptors (Lipinski definition) is 3. The third-order valence-electron chi connectivity index (χ3n) is 5.75. The lowest BCUT2D eigenvalue weighted by Gasteiger charge is -2.28. The van der Waals surface area contributed by atoms with Gasteiger partial charge in [-0.25, -0.2) is 18.6 Å². The van der Waals surface area contributed by atoms with Gasteiger partial charge < -0.3 is 5.11 Å². The molecule has 0 saturated carbocycles. The SMILES string of the molecule is CC(C)(c1ccc(Cl)c(Cl)c1)c1cnc(SCc2ccc(C(=O)O)cc2F)n1-c1ccc(F)cc1. The van der Waals surface area contributed by atoms with Gasteiger partial charge in [-0.3, -0.25) is 4.57 Å². The third-order valence-corrected chi connectivity index (χ3v) is 7.49. The Balaban J connectivity index is 1.75. The van der Waals surface area contributed by atoms with E-state index in [2.05, 4.69) is 4.98 Å². The number of rotatable bonds is 7. The van der Waals surface area contributed by atoms with Crippen molar-refractivity contribution < 1.29 is 18.7 Å². The molecule has 4 rings (SSSR count). The molecule has 0 unspecified atom stereocenters. The van der Waals surface area contributed by atoms with Gasteiger partial charge in [0.1, 0.15) is 11.6 Å². The summed E-state index contributed by atoms with van der Waals surface area (Å²) < 4.78 is 30.1. The van der Waals surface area contributed by atoms with Gasteiger partial charge in [-0.15, -0.1) is 0 Å². The molecule has 0 aliphatic rings. The largest absolute Gasteiger partial charge is 0.478 e. The maximum atomic E-state index is 14.5. The molecular weight excluding hydrogens is 513 g/mol. The molecule has 35 heavy (non-hydrogen) atoms. The first kappa shape index (κ1) is 25.2. The van der Waals surface area contributed by atoms with Crippen LogP contribution in [0.3, 0.4) is 0 Å². The molecule has 0 fully saturated rings. The Morgan fingerprint density at radius 1 is 1.03 bits per heavy atom. The van der Waals surface area contributed by atoms with Crippen molar-refractivity contribution in [3.05, 3.63) is 111 Å². The predicted octanol–water partition coefficient (Wildman–Crippen LogP) is 7.77. The highest BCUT2D eigenvalue weighted by molar-refractivity contribution is 7.98. The van der Waals surface area contributed by atoms with Gasteiger partial charge >= 0.3 is 5.97 Å². The molecule has 1 heterocycles. The van der Waals surface area contributed by atoms with Crippen LogP contribution in [0.5, 0.6) is 0 Å². The van der Waals surface area contributed by atoms with E-state index in [1.54, 1.807) is 30.5 Å². The first-order valence-electron chi connectivity index (χ1n) is 10.5. The van der Waals surface area contributed by atoms with Gasteiger partial charge in [-0.05, 0) is 59.7 Å². The van der Waals surface area contributed by atoms with Gasteiger partial charge in [0.05, 0.1) is 27.5 Å². The molecule has 0 atom stereocenters. The van der Waals surface area contributed by atoms with Crippen LogP contribution in [-0.4, -0.2) is 20.6 Å². The van der Waals surface area contributed by atoms with Gasteiger partial charge in [0.2, 0.25) is 0 Å². The number of hydrogen-bond donors (Lipinski definition) is 1. The second kappa shape index (κ2) is 10.0. The number of benzene rings is 3. The van der Waals surface area contributed by atoms with Crippen LogP contribution in [0.15, 0.2) is 72.0 Å². The standard InChI is InChI=1S/C26H20Cl2F2N2O2S/c1-26(2,17-5-10-20(27)21(28)12-17)23-13-31-25(32(23)19-8-6-18(29)7-9-19)35-14-16-4-3-15(24(33)34)11-22(16)30/h3-13H,14H2,1-2H3,(H,33,34). The summed E-state index contributed by atoms with van der Waals surface area (Å²) in [6.45, 7) is 4.03. The Bertz CT molecular complexity index is 1410. The van der Waals surface area contributed by atoms with Gasteiger partial charge in [0.15, 0.2) is 5.16 Å². The predicted molar refractivity (Wildman–Crippen MR) is 135 cm³/mol. The number of imidazole rings is 1. The molecule has 0 spiro atoms. The average molecular weight is 533 g/mol. The lowest BCUT2D eigenvalue weighted by Crippen LogP contribution is -2.23. The zero-order valence-electron chi connectivity index (χ0n) is 18.7. The topological polar surface area (TPSA) is 55.1 Å². The fourth-order valence-electron chi connectivity index (χ4n) is 3.69. The smallest absolute Gasteiger partial charge is 0.335 e. The molecular formula is C26H20Cl2F2N2O2S. The molecule has 3 aromatic carbocycles. The highest BCUT2D eigenvalue weighted by atomic mass is 35.5. The number of halogens is 4. The monoisotopic (exact) mass is 532 g/mol. The minimum Gasteiger partial charge on any atom is -0.478 e. The van der Waals surface area contributed by atoms with E-state index in [4.69, 9.17) is 28.3 Å². The number of aromatic carboxylic acids is 1. The molecule has 180 valence electrons. The van der Waals surface area contributed by atoms with Crippen LogP contribution >= 0.6 is 35.0 Å². The van der Waals surface area contributed by atoms with Crippen LogP contribution < -0.4 is 0 Å². The first-order chi connectivity index (χ1) is 16.6. The molecule has 0 aliphatic carbocycles. The zero-order valence-corrected chi connectivity index (χ0v) is 21.1. The number of carbonyl (C=O) groups is 1. The lowest BCUT2D eigenvalue weighted by molar-refractivity contribution is 0.0696. The summed E-state index contributed by atoms with van der Waals surface area (Å²) >= 11 is 13.7. The van der Waals surface area contributed by atoms with Crippen LogP contribution in [0.1, 0.15) is 41.0 Å². The van der Waals surface area contributed by atoms with Crippen molar-refractivity contribution in [2.24, 2.45) is 0 Å². The molecule has 0 radical (unpaired) electrons. The minimum absolute atomic E-state index is 0.116. The number of thioether (sulfide) groups is 1. The average Bonchev–Trinajstić information content (AvgIpc) is 3.25. The summed E-state index contributed by atoms with van der Waals surface area (Å²) in [4.78, 5) is 15.7. The zero-order chi connectivity index (χ0) is 25.3. The molecule has 0 bridgehead atoms. The fourth-order valence-corrected chi connectivity index (χ4v) is 4.97. The molecule has 4 nitrogen and oxygen atoms in total. The van der Waals surface area contributed by atoms with E-state index in [1.807, 2.05) is 24.5 Å². The normalized spacial score (nSPS) is 11.6. The number of carboxylic acid groups (broad SMARTS) is 1. The Morgan fingerprint density at radius 2 is 1.74 bits per heavy atom. The van der Waals surface area contributed by atoms with Crippen molar-refractivity contribution in [3.8, 4) is 5.69 Å². The second-order valence-electron chi connectivity index (χ2n) is 8.39. The quantitative estimate of drug-likeness (QED) is 0.247. The van der Waals surface area contributed by atoms with E-state index in [0.717, 1.165) is 17.3 Å². The van der Waals surface area contributed by atoms with Crippen LogP contribution in [0.25, 0.3) is 5.69 Å². The number of nitrogens with zero attached hydrogens (tertiary/aromatic N) is 2. The van der Waals surface area contributed by atoms with E-state index in [1.165, 1.54) is 36.0 Å². The second-order valence-corrected chi connectivity index (χ2v) is 10.1. The van der Waals surface area contributed by atoms with Crippen molar-refractivity contribution in [1.29, 1.82) is 0 Å². The molecule has 0 saturated heterocycles. The van der Waals surface area contributed by atoms with E-state index in [0.29, 0.717) is 26.5 Å². The van der Waals surface area contributed by atoms with E-state index >= 15 is 0 Å². The number of carboxylic acids is 1. The summed E-state index contributed by atoms with van der Waals surface area (Å²) in [7, 11) is 0. The lowest BCUT2D eigenvalue weighted by atomic mass is 9.81. The van der Waals surface area contributed by atoms with Crippen molar-refractivity contribution in [3.63, 3.8) is 0 Å². The van der Waals surface area contributed by atoms with Crippen molar-refractivity contribution in [2.45, 2.75) is 30.2 Å². The van der Waals surface area contributed by atoms with Gasteiger partial charge in [0.25, 0.3) is 0 Å². The molecule has 1 aromatic heterocycles. The molecule has 4 aromatic rings. The van der Waals surface area contributed by atoms with Gasteiger partial charge in [-0.1, -0.05) is 60.9 Å². The van der Waals surface area contributed by atoms with Crippen molar-refractivity contribution in [2.75, 3.05) is 0 Å². The summed E-state index contributed by atoms with van der Waals surface area (Å²) in [5.41, 5.74) is 2.07. The highest BCUT2D eigenvalue weighted by Gasteiger charge is 2.30. The Labute approximate surface area is 215 Å². The van der Waals surface area contributed by atoms with Gasteiger partial charge in [0, 0.05) is 16.9 Å². The summed E-state index contributed by atoms with van der Waals surface area (Å²) in [5, 5.41) is 10.5. The number of aromatic nitrogens is 2. The van der Waals surface area contributed by atoms with Crippen molar-refractivity contribution >= 4 is 40.9 Å². The minimum atomic E-state index is -1.19. The Kier molecular flexibility index (Phi) is 7.22. The van der Waals surface area contributed by atoms with Crippen molar-refractivity contribution in [1.82, 2.24) is 9.55 Å². The highest BCUT2D eigenvalue weighted by Crippen LogP contribution is 2.38. The van der Waals surface area contributed by atoms with E-state index in [9.17, 15) is 13.6 Å². The van der Waals surface area contributed by atoms with Crippen LogP contribution in [0.2, 0.25) is 10.0 Å². The Morgan fingerprint density at radius 3 is 2.37 bits per heavy atom. The molecule has 0 amide bonds. The Hall–Kier alpha value is -2.87. The third kappa shape index (κ3) is 5.22. The summed E-state index contributed by atoms with van der Waals surface area (Å²) in [5.74, 6) is -1.94. The van der Waals surface area contributed by atoms with Crippen LogP contribution in [-0.2, 0) is 11.2 Å². The summed E-state index contributed by atoms with van der Waals surface area (Å²) in [6.07, 6.45) is 1.73. The molecule has 0 aliphatic heterocycles. The van der Waals surface area contributed by atoms with Gasteiger partial charge in [-0.2, -0.15) is 0 Å². The summed E-state index contributed by atoms with van der Waals surface area (Å²) in [6, 6.07) is 15.3. The van der Waals surface area contributed by atoms with E-state index < -0.39 is 17.2 Å². The fraction of sp³-hybridized carbons (Fsp3) is 0.154. The molecule has 9 heteroatoms. The first-order valence-corrected chi connectivity index (χ1v) is 12.3. The van der Waals surface area contributed by atoms with Crippen LogP contribution in [0.4, 0.5) is 8.78 Å². The molecule has 1 N–H and O–H groups in total.